The molecule has 0 saturated heterocycles. The van der Waals surface area contributed by atoms with Gasteiger partial charge in [-0.1, -0.05) is 24.3 Å². The molecule has 42 heavy (non-hydrogen) atoms. The molecule has 4 aromatic carbocycles. The minimum atomic E-state index is -1.02. The van der Waals surface area contributed by atoms with Crippen LogP contribution >= 0.6 is 0 Å². The van der Waals surface area contributed by atoms with Crippen molar-refractivity contribution < 1.29 is 49.2 Å². The maximum atomic E-state index is 10.7. The number of carboxylic acids is 4. The highest BCUT2D eigenvalue weighted by molar-refractivity contribution is 5.95. The first-order valence-corrected chi connectivity index (χ1v) is 11.7. The summed E-state index contributed by atoms with van der Waals surface area (Å²) in [6.07, 6.45) is 0. The van der Waals surface area contributed by atoms with Crippen LogP contribution in [0.15, 0.2) is 97.1 Å². The number of hydrogen-bond acceptors (Lipinski definition) is 6. The Morgan fingerprint density at radius 3 is 0.667 bits per heavy atom. The zero-order valence-corrected chi connectivity index (χ0v) is 21.6. The predicted molar refractivity (Wildman–Crippen MR) is 150 cm³/mol. The Bertz CT molecular complexity index is 1410. The molecule has 0 aromatic heterocycles. The van der Waals surface area contributed by atoms with E-state index in [0.717, 1.165) is 11.1 Å². The van der Waals surface area contributed by atoms with Gasteiger partial charge >= 0.3 is 23.9 Å². The molecule has 8 N–H and O–H groups in total. The third-order valence-corrected chi connectivity index (χ3v) is 5.43. The molecule has 4 rings (SSSR count). The highest BCUT2D eigenvalue weighted by atomic mass is 16.4. The van der Waals surface area contributed by atoms with Crippen molar-refractivity contribution in [3.05, 3.63) is 130 Å². The van der Waals surface area contributed by atoms with Gasteiger partial charge in [0.1, 0.15) is 0 Å². The Balaban J connectivity index is 0.000000228. The highest BCUT2D eigenvalue weighted by Crippen LogP contribution is 2.20. The minimum absolute atomic E-state index is 0.139. The number of primary amides is 2. The van der Waals surface area contributed by atoms with E-state index in [1.807, 2.05) is 0 Å². The van der Waals surface area contributed by atoms with Crippen LogP contribution in [0, 0.1) is 0 Å². The molecule has 0 unspecified atom stereocenters. The van der Waals surface area contributed by atoms with Crippen LogP contribution in [0.3, 0.4) is 0 Å². The van der Waals surface area contributed by atoms with E-state index in [1.54, 1.807) is 24.3 Å². The summed E-state index contributed by atoms with van der Waals surface area (Å²) < 4.78 is 0. The molecule has 0 radical (unpaired) electrons. The summed E-state index contributed by atoms with van der Waals surface area (Å²) in [5.74, 6) is -5.11. The summed E-state index contributed by atoms with van der Waals surface area (Å²) in [4.78, 5) is 63.3. The van der Waals surface area contributed by atoms with Crippen molar-refractivity contribution in [1.82, 2.24) is 0 Å². The van der Waals surface area contributed by atoms with Gasteiger partial charge in [0.25, 0.3) is 0 Å². The van der Waals surface area contributed by atoms with E-state index < -0.39 is 35.7 Å². The van der Waals surface area contributed by atoms with Gasteiger partial charge in [-0.2, -0.15) is 0 Å². The second kappa shape index (κ2) is 14.7. The Labute approximate surface area is 238 Å². The molecule has 0 bridgehead atoms. The van der Waals surface area contributed by atoms with Gasteiger partial charge in [-0.25, -0.2) is 19.2 Å². The lowest BCUT2D eigenvalue weighted by Crippen LogP contribution is -2.10. The molecule has 12 nitrogen and oxygen atoms in total. The van der Waals surface area contributed by atoms with E-state index in [0.29, 0.717) is 11.1 Å². The number of amides is 2. The van der Waals surface area contributed by atoms with Crippen molar-refractivity contribution in [2.24, 2.45) is 11.5 Å². The summed E-state index contributed by atoms with van der Waals surface area (Å²) >= 11 is 0. The van der Waals surface area contributed by atoms with Crippen LogP contribution in [0.2, 0.25) is 0 Å². The van der Waals surface area contributed by atoms with Gasteiger partial charge in [0.15, 0.2) is 0 Å². The van der Waals surface area contributed by atoms with E-state index in [1.165, 1.54) is 72.8 Å². The topological polar surface area (TPSA) is 235 Å². The monoisotopic (exact) mass is 572 g/mol. The first-order valence-electron chi connectivity index (χ1n) is 11.7. The molecule has 0 fully saturated rings. The van der Waals surface area contributed by atoms with E-state index in [2.05, 4.69) is 0 Å². The molecule has 0 aliphatic carbocycles. The lowest BCUT2D eigenvalue weighted by atomic mass is 10.0. The van der Waals surface area contributed by atoms with Gasteiger partial charge in [-0.3, -0.25) is 9.59 Å². The number of carboxylic acid groups (broad SMARTS) is 4. The van der Waals surface area contributed by atoms with Crippen LogP contribution in [0.25, 0.3) is 11.1 Å². The van der Waals surface area contributed by atoms with Crippen LogP contribution in [0.4, 0.5) is 0 Å². The van der Waals surface area contributed by atoms with Gasteiger partial charge in [0.05, 0.1) is 22.3 Å². The number of nitrogens with two attached hydrogens (primary N) is 2. The van der Waals surface area contributed by atoms with Crippen LogP contribution in [0.5, 0.6) is 0 Å². The quantitative estimate of drug-likeness (QED) is 0.188. The zero-order chi connectivity index (χ0) is 31.4. The maximum absolute atomic E-state index is 10.7. The Morgan fingerprint density at radius 1 is 0.333 bits per heavy atom. The second-order valence-corrected chi connectivity index (χ2v) is 8.26. The fourth-order valence-corrected chi connectivity index (χ4v) is 3.16. The van der Waals surface area contributed by atoms with E-state index in [9.17, 15) is 28.8 Å². The third-order valence-electron chi connectivity index (χ3n) is 5.43. The molecule has 0 heterocycles. The normalized spacial score (nSPS) is 9.62. The first-order chi connectivity index (χ1) is 19.8. The molecule has 0 aliphatic rings. The Kier molecular flexibility index (Phi) is 11.2. The van der Waals surface area contributed by atoms with Crippen molar-refractivity contribution in [3.8, 4) is 11.1 Å². The van der Waals surface area contributed by atoms with Gasteiger partial charge < -0.3 is 31.9 Å². The van der Waals surface area contributed by atoms with Crippen LogP contribution < -0.4 is 11.5 Å². The fraction of sp³-hybridized carbons (Fsp3) is 0. The van der Waals surface area contributed by atoms with Gasteiger partial charge in [-0.15, -0.1) is 0 Å². The van der Waals surface area contributed by atoms with Crippen molar-refractivity contribution in [2.45, 2.75) is 0 Å². The number of hydrogen-bond donors (Lipinski definition) is 6. The van der Waals surface area contributed by atoms with Crippen molar-refractivity contribution >= 4 is 35.7 Å². The van der Waals surface area contributed by atoms with Gasteiger partial charge in [0.2, 0.25) is 11.8 Å². The molecule has 214 valence electrons. The van der Waals surface area contributed by atoms with E-state index in [4.69, 9.17) is 31.9 Å². The first kappa shape index (κ1) is 31.9. The molecule has 0 atom stereocenters. The third kappa shape index (κ3) is 9.47. The van der Waals surface area contributed by atoms with Crippen LogP contribution in [-0.2, 0) is 0 Å². The molecule has 2 amide bonds. The van der Waals surface area contributed by atoms with Gasteiger partial charge in [0, 0.05) is 11.1 Å². The van der Waals surface area contributed by atoms with E-state index in [-0.39, 0.29) is 22.3 Å². The largest absolute Gasteiger partial charge is 0.478 e. The summed E-state index contributed by atoms with van der Waals surface area (Å²) in [7, 11) is 0. The summed E-state index contributed by atoms with van der Waals surface area (Å²) in [6.45, 7) is 0. The average molecular weight is 573 g/mol. The summed E-state index contributed by atoms with van der Waals surface area (Å²) in [5, 5.41) is 34.6. The Hall–Kier alpha value is -6.30. The van der Waals surface area contributed by atoms with Gasteiger partial charge in [-0.05, 0) is 83.9 Å². The molecule has 12 heteroatoms. The number of carbonyl (C=O) groups excluding carboxylic acids is 2. The number of rotatable bonds is 7. The van der Waals surface area contributed by atoms with E-state index >= 15 is 0 Å². The van der Waals surface area contributed by atoms with Crippen molar-refractivity contribution in [3.63, 3.8) is 0 Å². The van der Waals surface area contributed by atoms with Crippen LogP contribution in [0.1, 0.15) is 62.1 Å². The summed E-state index contributed by atoms with van der Waals surface area (Å²) in [6, 6.07) is 23.7. The second-order valence-electron chi connectivity index (χ2n) is 8.26. The highest BCUT2D eigenvalue weighted by Gasteiger charge is 2.06. The fourth-order valence-electron chi connectivity index (χ4n) is 3.16. The molecule has 0 spiro atoms. The maximum Gasteiger partial charge on any atom is 0.335 e. The molecule has 4 aromatic rings. The standard InChI is InChI=1S/C14H10O4.2C8H7NO3/c15-13(16)11-5-1-9(2-6-11)10-3-7-12(8-4-10)14(17)18;2*9-7(10)5-1-3-6(4-2-5)8(11)12/h1-8H,(H,15,16)(H,17,18);2*1-4H,(H2,9,10)(H,11,12). The molecular weight excluding hydrogens is 548 g/mol. The SMILES string of the molecule is NC(=O)c1ccc(C(=O)O)cc1.NC(=O)c1ccc(C(=O)O)cc1.O=C(O)c1ccc(-c2ccc(C(=O)O)cc2)cc1. The number of aromatic carboxylic acids is 4. The number of benzene rings is 4. The smallest absolute Gasteiger partial charge is 0.335 e. The summed E-state index contributed by atoms with van der Waals surface area (Å²) in [5.41, 5.74) is 12.9. The Morgan fingerprint density at radius 2 is 0.500 bits per heavy atom. The molecular formula is C30H24N2O10. The predicted octanol–water partition coefficient (Wildman–Crippen LogP) is 3.72. The molecule has 0 saturated carbocycles. The molecule has 0 aliphatic heterocycles. The number of carbonyl (C=O) groups is 6. The lowest BCUT2D eigenvalue weighted by molar-refractivity contribution is 0.0686. The van der Waals surface area contributed by atoms with Crippen LogP contribution in [-0.4, -0.2) is 56.1 Å². The average Bonchev–Trinajstić information content (AvgIpc) is 2.98. The zero-order valence-electron chi connectivity index (χ0n) is 21.6. The lowest BCUT2D eigenvalue weighted by Gasteiger charge is -2.03. The van der Waals surface area contributed by atoms with Crippen molar-refractivity contribution in [2.75, 3.05) is 0 Å². The minimum Gasteiger partial charge on any atom is -0.478 e. The van der Waals surface area contributed by atoms with Crippen molar-refractivity contribution in [1.29, 1.82) is 0 Å².